The van der Waals surface area contributed by atoms with Crippen LogP contribution in [0.5, 0.6) is 11.5 Å². The van der Waals surface area contributed by atoms with E-state index in [0.717, 1.165) is 32.1 Å². The summed E-state index contributed by atoms with van der Waals surface area (Å²) < 4.78 is 10.8. The molecule has 2 saturated carbocycles. The number of benzene rings is 1. The van der Waals surface area contributed by atoms with Gasteiger partial charge in [-0.25, -0.2) is 0 Å². The zero-order chi connectivity index (χ0) is 16.4. The van der Waals surface area contributed by atoms with E-state index in [9.17, 15) is 4.79 Å². The molecule has 5 nitrogen and oxygen atoms in total. The minimum Gasteiger partial charge on any atom is -0.496 e. The lowest BCUT2D eigenvalue weighted by Gasteiger charge is -2.43. The average molecular weight is 318 g/mol. The molecule has 5 heteroatoms. The van der Waals surface area contributed by atoms with Gasteiger partial charge in [-0.1, -0.05) is 6.07 Å². The molecule has 1 aromatic carbocycles. The predicted octanol–water partition coefficient (Wildman–Crippen LogP) is 2.58. The number of rotatable bonds is 5. The van der Waals surface area contributed by atoms with Crippen LogP contribution in [0.4, 0.5) is 0 Å². The molecule has 2 N–H and O–H groups in total. The largest absolute Gasteiger partial charge is 0.496 e. The second-order valence-electron chi connectivity index (χ2n) is 6.50. The molecule has 0 radical (unpaired) electrons. The molecule has 0 spiro atoms. The lowest BCUT2D eigenvalue weighted by atomic mass is 9.88. The number of hydrogen-bond acceptors (Lipinski definition) is 4. The molecule has 3 rings (SSSR count). The number of carbonyl (C=O) groups excluding carboxylic acids is 1. The van der Waals surface area contributed by atoms with Crippen LogP contribution in [0.15, 0.2) is 18.2 Å². The second kappa shape index (κ2) is 6.79. The molecule has 0 aromatic heterocycles. The minimum atomic E-state index is -0.00801. The van der Waals surface area contributed by atoms with E-state index in [1.54, 1.807) is 14.2 Å². The number of ether oxygens (including phenoxy) is 2. The standard InChI is InChI=1S/C18H26N2O3/c1-22-15-10-5-11-16(23-2)17(15)18(21)20(12-6-3-7-12)14-9-4-8-13(14)19/h5,10-14H,3-4,6-9,19H2,1-2H3/t13?,14-/m0/s1. The first-order valence-electron chi connectivity index (χ1n) is 8.46. The summed E-state index contributed by atoms with van der Waals surface area (Å²) >= 11 is 0. The van der Waals surface area contributed by atoms with Gasteiger partial charge in [0.2, 0.25) is 0 Å². The van der Waals surface area contributed by atoms with E-state index in [2.05, 4.69) is 0 Å². The van der Waals surface area contributed by atoms with Gasteiger partial charge in [0.05, 0.1) is 14.2 Å². The summed E-state index contributed by atoms with van der Waals surface area (Å²) in [5, 5.41) is 0. The smallest absolute Gasteiger partial charge is 0.261 e. The van der Waals surface area contributed by atoms with E-state index in [4.69, 9.17) is 15.2 Å². The first-order chi connectivity index (χ1) is 11.2. The molecule has 1 aromatic rings. The fraction of sp³-hybridized carbons (Fsp3) is 0.611. The van der Waals surface area contributed by atoms with E-state index < -0.39 is 0 Å². The van der Waals surface area contributed by atoms with Crippen LogP contribution < -0.4 is 15.2 Å². The quantitative estimate of drug-likeness (QED) is 0.906. The van der Waals surface area contributed by atoms with Crippen molar-refractivity contribution in [3.05, 3.63) is 23.8 Å². The first-order valence-corrected chi connectivity index (χ1v) is 8.46. The van der Waals surface area contributed by atoms with Gasteiger partial charge in [-0.2, -0.15) is 0 Å². The fourth-order valence-electron chi connectivity index (χ4n) is 3.76. The van der Waals surface area contributed by atoms with E-state index >= 15 is 0 Å². The minimum absolute atomic E-state index is 0.00801. The number of methoxy groups -OCH3 is 2. The summed E-state index contributed by atoms with van der Waals surface area (Å²) in [6.07, 6.45) is 6.37. The first kappa shape index (κ1) is 16.1. The highest BCUT2D eigenvalue weighted by molar-refractivity contribution is 6.00. The molecule has 23 heavy (non-hydrogen) atoms. The van der Waals surface area contributed by atoms with Crippen molar-refractivity contribution in [2.75, 3.05) is 14.2 Å². The SMILES string of the molecule is COc1cccc(OC)c1C(=O)N(C1CCC1)[C@H]1CCCC1N. The zero-order valence-corrected chi connectivity index (χ0v) is 14.0. The molecular formula is C18H26N2O3. The van der Waals surface area contributed by atoms with Gasteiger partial charge in [0.15, 0.2) is 0 Å². The Hall–Kier alpha value is -1.75. The van der Waals surface area contributed by atoms with Crippen LogP contribution >= 0.6 is 0 Å². The Morgan fingerprint density at radius 3 is 2.13 bits per heavy atom. The van der Waals surface area contributed by atoms with Gasteiger partial charge < -0.3 is 20.1 Å². The van der Waals surface area contributed by atoms with Gasteiger partial charge in [0.1, 0.15) is 17.1 Å². The van der Waals surface area contributed by atoms with Crippen molar-refractivity contribution in [1.82, 2.24) is 4.90 Å². The van der Waals surface area contributed by atoms with Gasteiger partial charge in [0.25, 0.3) is 5.91 Å². The van der Waals surface area contributed by atoms with E-state index in [1.165, 1.54) is 6.42 Å². The molecule has 0 aliphatic heterocycles. The molecule has 2 fully saturated rings. The highest BCUT2D eigenvalue weighted by atomic mass is 16.5. The molecule has 1 unspecified atom stereocenters. The molecule has 0 saturated heterocycles. The fourth-order valence-corrected chi connectivity index (χ4v) is 3.76. The Morgan fingerprint density at radius 2 is 1.70 bits per heavy atom. The Bertz CT molecular complexity index is 549. The molecule has 2 aliphatic carbocycles. The van der Waals surface area contributed by atoms with E-state index in [1.807, 2.05) is 23.1 Å². The maximum Gasteiger partial charge on any atom is 0.261 e. The van der Waals surface area contributed by atoms with Gasteiger partial charge in [0, 0.05) is 18.1 Å². The third-order valence-corrected chi connectivity index (χ3v) is 5.23. The van der Waals surface area contributed by atoms with Crippen molar-refractivity contribution >= 4 is 5.91 Å². The topological polar surface area (TPSA) is 64.8 Å². The van der Waals surface area contributed by atoms with E-state index in [0.29, 0.717) is 23.1 Å². The Morgan fingerprint density at radius 1 is 1.09 bits per heavy atom. The number of nitrogens with two attached hydrogens (primary N) is 1. The number of hydrogen-bond donors (Lipinski definition) is 1. The van der Waals surface area contributed by atoms with Gasteiger partial charge >= 0.3 is 0 Å². The zero-order valence-electron chi connectivity index (χ0n) is 14.0. The van der Waals surface area contributed by atoms with Crippen LogP contribution in [-0.2, 0) is 0 Å². The van der Waals surface area contributed by atoms with Crippen LogP contribution in [0.2, 0.25) is 0 Å². The Kier molecular flexibility index (Phi) is 4.76. The van der Waals surface area contributed by atoms with Crippen molar-refractivity contribution in [3.63, 3.8) is 0 Å². The summed E-state index contributed by atoms with van der Waals surface area (Å²) in [5.41, 5.74) is 6.81. The third-order valence-electron chi connectivity index (χ3n) is 5.23. The number of nitrogens with zero attached hydrogens (tertiary/aromatic N) is 1. The van der Waals surface area contributed by atoms with Gasteiger partial charge in [-0.15, -0.1) is 0 Å². The summed E-state index contributed by atoms with van der Waals surface area (Å²) in [7, 11) is 3.17. The summed E-state index contributed by atoms with van der Waals surface area (Å²) in [4.78, 5) is 15.4. The van der Waals surface area contributed by atoms with Gasteiger partial charge in [-0.3, -0.25) is 4.79 Å². The highest BCUT2D eigenvalue weighted by Gasteiger charge is 2.40. The maximum atomic E-state index is 13.4. The van der Waals surface area contributed by atoms with Crippen LogP contribution in [0.25, 0.3) is 0 Å². The third kappa shape index (κ3) is 2.90. The van der Waals surface area contributed by atoms with E-state index in [-0.39, 0.29) is 18.0 Å². The molecule has 0 heterocycles. The number of carbonyl (C=O) groups is 1. The molecule has 2 atom stereocenters. The average Bonchev–Trinajstić information content (AvgIpc) is 2.94. The Balaban J connectivity index is 1.98. The van der Waals surface area contributed by atoms with Crippen molar-refractivity contribution in [2.45, 2.75) is 56.7 Å². The molecule has 0 bridgehead atoms. The van der Waals surface area contributed by atoms with Gasteiger partial charge in [-0.05, 0) is 50.7 Å². The van der Waals surface area contributed by atoms with Crippen LogP contribution in [0.1, 0.15) is 48.9 Å². The predicted molar refractivity (Wildman–Crippen MR) is 89.0 cm³/mol. The molecule has 2 aliphatic rings. The molecule has 126 valence electrons. The molecular weight excluding hydrogens is 292 g/mol. The van der Waals surface area contributed by atoms with Crippen molar-refractivity contribution in [1.29, 1.82) is 0 Å². The highest BCUT2D eigenvalue weighted by Crippen LogP contribution is 2.37. The normalized spacial score (nSPS) is 24.1. The van der Waals surface area contributed by atoms with Crippen LogP contribution in [0, 0.1) is 0 Å². The lowest BCUT2D eigenvalue weighted by molar-refractivity contribution is 0.0416. The Labute approximate surface area is 137 Å². The molecule has 1 amide bonds. The van der Waals surface area contributed by atoms with Crippen molar-refractivity contribution in [3.8, 4) is 11.5 Å². The van der Waals surface area contributed by atoms with Crippen molar-refractivity contribution < 1.29 is 14.3 Å². The summed E-state index contributed by atoms with van der Waals surface area (Å²) in [6, 6.07) is 5.95. The van der Waals surface area contributed by atoms with Crippen LogP contribution in [0.3, 0.4) is 0 Å². The summed E-state index contributed by atoms with van der Waals surface area (Å²) in [5.74, 6) is 1.11. The lowest BCUT2D eigenvalue weighted by Crippen LogP contribution is -2.54. The summed E-state index contributed by atoms with van der Waals surface area (Å²) in [6.45, 7) is 0. The number of amides is 1. The monoisotopic (exact) mass is 318 g/mol. The second-order valence-corrected chi connectivity index (χ2v) is 6.50. The van der Waals surface area contributed by atoms with Crippen molar-refractivity contribution in [2.24, 2.45) is 5.73 Å². The van der Waals surface area contributed by atoms with Crippen LogP contribution in [-0.4, -0.2) is 43.2 Å². The maximum absolute atomic E-state index is 13.4.